The number of carbonyl (C=O) groups is 2. The number of phenolic OH excluding ortho intramolecular Hbond substituents is 1. The van der Waals surface area contributed by atoms with Gasteiger partial charge in [-0.1, -0.05) is 26.0 Å². The van der Waals surface area contributed by atoms with Crippen LogP contribution < -0.4 is 10.1 Å². The maximum atomic E-state index is 12.2. The molecule has 6 heteroatoms. The molecule has 2 aromatic carbocycles. The summed E-state index contributed by atoms with van der Waals surface area (Å²) in [4.78, 5) is 24.4. The average molecular weight is 357 g/mol. The number of nitrogens with one attached hydrogen (secondary N) is 1. The molecule has 0 heterocycles. The van der Waals surface area contributed by atoms with E-state index in [2.05, 4.69) is 19.2 Å². The molecule has 138 valence electrons. The lowest BCUT2D eigenvalue weighted by molar-refractivity contribution is -0.123. The number of rotatable bonds is 6. The van der Waals surface area contributed by atoms with Crippen LogP contribution in [0.5, 0.6) is 11.5 Å². The molecular weight excluding hydrogens is 334 g/mol. The van der Waals surface area contributed by atoms with Gasteiger partial charge >= 0.3 is 5.97 Å². The van der Waals surface area contributed by atoms with Crippen molar-refractivity contribution in [3.05, 3.63) is 53.6 Å². The zero-order valence-corrected chi connectivity index (χ0v) is 15.3. The number of aromatic hydroxyl groups is 1. The van der Waals surface area contributed by atoms with Crippen LogP contribution in [0.3, 0.4) is 0 Å². The van der Waals surface area contributed by atoms with Crippen molar-refractivity contribution in [1.82, 2.24) is 0 Å². The number of hydrogen-bond acceptors (Lipinski definition) is 5. The Hall–Kier alpha value is -3.02. The molecule has 0 spiro atoms. The maximum absolute atomic E-state index is 12.2. The van der Waals surface area contributed by atoms with E-state index in [9.17, 15) is 14.7 Å². The molecule has 0 saturated heterocycles. The molecule has 2 rings (SSSR count). The summed E-state index contributed by atoms with van der Waals surface area (Å²) in [6.45, 7) is 5.64. The molecule has 6 nitrogen and oxygen atoms in total. The molecule has 1 amide bonds. The molecular formula is C20H23NO5. The van der Waals surface area contributed by atoms with Gasteiger partial charge in [0.1, 0.15) is 17.1 Å². The summed E-state index contributed by atoms with van der Waals surface area (Å²) in [7, 11) is 1.45. The highest BCUT2D eigenvalue weighted by atomic mass is 16.5. The van der Waals surface area contributed by atoms with Gasteiger partial charge < -0.3 is 19.9 Å². The highest BCUT2D eigenvalue weighted by molar-refractivity contribution is 5.98. The average Bonchev–Trinajstić information content (AvgIpc) is 2.61. The first-order chi connectivity index (χ1) is 12.3. The van der Waals surface area contributed by atoms with Gasteiger partial charge in [-0.3, -0.25) is 4.79 Å². The third-order valence-electron chi connectivity index (χ3n) is 3.92. The quantitative estimate of drug-likeness (QED) is 0.770. The van der Waals surface area contributed by atoms with Gasteiger partial charge in [-0.2, -0.15) is 0 Å². The molecule has 0 aliphatic carbocycles. The van der Waals surface area contributed by atoms with E-state index in [1.807, 2.05) is 12.1 Å². The molecule has 0 saturated carbocycles. The smallest absolute Gasteiger partial charge is 0.342 e. The van der Waals surface area contributed by atoms with E-state index in [0.717, 1.165) is 5.56 Å². The fraction of sp³-hybridized carbons (Fsp3) is 0.300. The number of methoxy groups -OCH3 is 1. The molecule has 0 radical (unpaired) electrons. The number of hydrogen-bond donors (Lipinski definition) is 2. The zero-order valence-electron chi connectivity index (χ0n) is 15.3. The highest BCUT2D eigenvalue weighted by Gasteiger charge is 2.21. The van der Waals surface area contributed by atoms with Crippen molar-refractivity contribution in [2.75, 3.05) is 12.4 Å². The minimum Gasteiger partial charge on any atom is -0.507 e. The molecule has 0 aliphatic rings. The second-order valence-electron chi connectivity index (χ2n) is 6.20. The second kappa shape index (κ2) is 8.38. The molecule has 1 unspecified atom stereocenters. The first-order valence-electron chi connectivity index (χ1n) is 8.30. The van der Waals surface area contributed by atoms with Crippen molar-refractivity contribution in [1.29, 1.82) is 0 Å². The minimum atomic E-state index is -1.02. The molecule has 1 atom stereocenters. The van der Waals surface area contributed by atoms with Crippen molar-refractivity contribution < 1.29 is 24.2 Å². The van der Waals surface area contributed by atoms with Crippen molar-refractivity contribution in [2.24, 2.45) is 0 Å². The number of phenols is 1. The van der Waals surface area contributed by atoms with Crippen LogP contribution in [0.25, 0.3) is 0 Å². The standard InChI is InChI=1S/C20H23NO5/c1-12(2)14-5-7-15(8-6-14)21-19(23)13(3)26-20(24)17-10-9-16(25-4)11-18(17)22/h5-13,22H,1-4H3,(H,21,23). The summed E-state index contributed by atoms with van der Waals surface area (Å²) >= 11 is 0. The number of carbonyl (C=O) groups excluding carboxylic acids is 2. The molecule has 0 aliphatic heterocycles. The first kappa shape index (κ1) is 19.3. The van der Waals surface area contributed by atoms with Crippen molar-refractivity contribution in [2.45, 2.75) is 32.8 Å². The van der Waals surface area contributed by atoms with Crippen LogP contribution in [0.2, 0.25) is 0 Å². The van der Waals surface area contributed by atoms with Crippen LogP contribution in [-0.4, -0.2) is 30.2 Å². The minimum absolute atomic E-state index is 0.0354. The van der Waals surface area contributed by atoms with Gasteiger partial charge in [-0.25, -0.2) is 4.79 Å². The van der Waals surface area contributed by atoms with E-state index in [1.54, 1.807) is 12.1 Å². The second-order valence-corrected chi connectivity index (χ2v) is 6.20. The van der Waals surface area contributed by atoms with Crippen LogP contribution in [0.15, 0.2) is 42.5 Å². The molecule has 0 fully saturated rings. The normalized spacial score (nSPS) is 11.7. The van der Waals surface area contributed by atoms with E-state index >= 15 is 0 Å². The predicted molar refractivity (Wildman–Crippen MR) is 98.7 cm³/mol. The summed E-state index contributed by atoms with van der Waals surface area (Å²) in [5.74, 6) is -0.704. The van der Waals surface area contributed by atoms with E-state index in [1.165, 1.54) is 32.2 Å². The van der Waals surface area contributed by atoms with Crippen molar-refractivity contribution in [3.8, 4) is 11.5 Å². The number of esters is 1. The Labute approximate surface area is 152 Å². The third-order valence-corrected chi connectivity index (χ3v) is 3.92. The molecule has 2 N–H and O–H groups in total. The Bertz CT molecular complexity index is 783. The SMILES string of the molecule is COc1ccc(C(=O)OC(C)C(=O)Nc2ccc(C(C)C)cc2)c(O)c1. The first-order valence-corrected chi connectivity index (χ1v) is 8.30. The Morgan fingerprint density at radius 2 is 1.69 bits per heavy atom. The van der Waals surface area contributed by atoms with Crippen LogP contribution in [0.4, 0.5) is 5.69 Å². The Balaban J connectivity index is 1.98. The highest BCUT2D eigenvalue weighted by Crippen LogP contribution is 2.24. The van der Waals surface area contributed by atoms with Crippen molar-refractivity contribution >= 4 is 17.6 Å². The largest absolute Gasteiger partial charge is 0.507 e. The lowest BCUT2D eigenvalue weighted by Crippen LogP contribution is -2.30. The number of ether oxygens (including phenoxy) is 2. The molecule has 26 heavy (non-hydrogen) atoms. The Morgan fingerprint density at radius 3 is 2.23 bits per heavy atom. The van der Waals surface area contributed by atoms with E-state index in [0.29, 0.717) is 17.4 Å². The van der Waals surface area contributed by atoms with Crippen LogP contribution in [-0.2, 0) is 9.53 Å². The van der Waals surface area contributed by atoms with Crippen LogP contribution in [0, 0.1) is 0 Å². The third kappa shape index (κ3) is 4.75. The summed E-state index contributed by atoms with van der Waals surface area (Å²) in [6.07, 6.45) is -1.02. The van der Waals surface area contributed by atoms with Gasteiger partial charge in [0, 0.05) is 11.8 Å². The van der Waals surface area contributed by atoms with Gasteiger partial charge in [0.05, 0.1) is 7.11 Å². The lowest BCUT2D eigenvalue weighted by atomic mass is 10.0. The number of amides is 1. The van der Waals surface area contributed by atoms with Gasteiger partial charge in [0.25, 0.3) is 5.91 Å². The number of anilines is 1. The summed E-state index contributed by atoms with van der Waals surface area (Å²) in [5, 5.41) is 12.6. The zero-order chi connectivity index (χ0) is 19.3. The fourth-order valence-corrected chi connectivity index (χ4v) is 2.28. The van der Waals surface area contributed by atoms with Crippen molar-refractivity contribution in [3.63, 3.8) is 0 Å². The van der Waals surface area contributed by atoms with Gasteiger partial charge in [0.15, 0.2) is 6.10 Å². The van der Waals surface area contributed by atoms with Gasteiger partial charge in [-0.15, -0.1) is 0 Å². The van der Waals surface area contributed by atoms with Gasteiger partial charge in [-0.05, 0) is 42.7 Å². The van der Waals surface area contributed by atoms with E-state index in [-0.39, 0.29) is 11.3 Å². The molecule has 2 aromatic rings. The molecule has 0 aromatic heterocycles. The van der Waals surface area contributed by atoms with Crippen LogP contribution in [0.1, 0.15) is 42.6 Å². The van der Waals surface area contributed by atoms with E-state index in [4.69, 9.17) is 9.47 Å². The predicted octanol–water partition coefficient (Wildman–Crippen LogP) is 3.71. The van der Waals surface area contributed by atoms with Crippen LogP contribution >= 0.6 is 0 Å². The Morgan fingerprint density at radius 1 is 1.04 bits per heavy atom. The monoisotopic (exact) mass is 357 g/mol. The Kier molecular flexibility index (Phi) is 6.22. The number of benzene rings is 2. The fourth-order valence-electron chi connectivity index (χ4n) is 2.28. The maximum Gasteiger partial charge on any atom is 0.342 e. The van der Waals surface area contributed by atoms with Gasteiger partial charge in [0.2, 0.25) is 0 Å². The molecule has 0 bridgehead atoms. The topological polar surface area (TPSA) is 84.9 Å². The summed E-state index contributed by atoms with van der Waals surface area (Å²) < 4.78 is 10.1. The van der Waals surface area contributed by atoms with E-state index < -0.39 is 18.0 Å². The summed E-state index contributed by atoms with van der Waals surface area (Å²) in [5.41, 5.74) is 1.75. The lowest BCUT2D eigenvalue weighted by Gasteiger charge is -2.15. The summed E-state index contributed by atoms with van der Waals surface area (Å²) in [6, 6.07) is 11.7.